The van der Waals surface area contributed by atoms with Crippen molar-refractivity contribution in [1.82, 2.24) is 0 Å². The highest BCUT2D eigenvalue weighted by molar-refractivity contribution is 4.53. The van der Waals surface area contributed by atoms with Crippen LogP contribution in [-0.2, 0) is 9.47 Å². The van der Waals surface area contributed by atoms with Gasteiger partial charge in [-0.1, -0.05) is 0 Å². The van der Waals surface area contributed by atoms with E-state index >= 15 is 0 Å². The van der Waals surface area contributed by atoms with Gasteiger partial charge in [-0.3, -0.25) is 10.1 Å². The Labute approximate surface area is 77.2 Å². The number of ether oxygens (including phenoxy) is 2. The van der Waals surface area contributed by atoms with Crippen LogP contribution in [0.1, 0.15) is 25.7 Å². The lowest BCUT2D eigenvalue weighted by Crippen LogP contribution is -2.23. The summed E-state index contributed by atoms with van der Waals surface area (Å²) < 4.78 is 10.6. The van der Waals surface area contributed by atoms with E-state index in [1.54, 1.807) is 0 Å². The van der Waals surface area contributed by atoms with Gasteiger partial charge in [0.1, 0.15) is 0 Å². The second kappa shape index (κ2) is 5.88. The van der Waals surface area contributed by atoms with Crippen molar-refractivity contribution in [2.45, 2.75) is 32.0 Å². The van der Waals surface area contributed by atoms with Gasteiger partial charge < -0.3 is 9.47 Å². The molecule has 0 aromatic heterocycles. The maximum Gasteiger partial charge on any atom is 0.206 e. The fourth-order valence-electron chi connectivity index (χ4n) is 1.25. The first kappa shape index (κ1) is 10.4. The van der Waals surface area contributed by atoms with E-state index < -0.39 is 0 Å². The Bertz CT molecular complexity index is 156. The first-order valence-electron chi connectivity index (χ1n) is 4.64. The third kappa shape index (κ3) is 4.80. The summed E-state index contributed by atoms with van der Waals surface area (Å²) in [5, 5.41) is 9.97. The van der Waals surface area contributed by atoms with Gasteiger partial charge in [-0.2, -0.15) is 0 Å². The van der Waals surface area contributed by atoms with E-state index in [0.29, 0.717) is 13.0 Å². The summed E-state index contributed by atoms with van der Waals surface area (Å²) in [7, 11) is 0. The molecule has 0 saturated carbocycles. The van der Waals surface area contributed by atoms with Crippen molar-refractivity contribution in [1.29, 1.82) is 0 Å². The van der Waals surface area contributed by atoms with E-state index in [0.717, 1.165) is 25.9 Å². The molecule has 13 heavy (non-hydrogen) atoms. The summed E-state index contributed by atoms with van der Waals surface area (Å²) in [4.78, 5) is 9.64. The molecule has 0 N–H and O–H groups in total. The average Bonchev–Trinajstić information content (AvgIpc) is 2.14. The highest BCUT2D eigenvalue weighted by Crippen LogP contribution is 2.13. The Hall–Kier alpha value is -0.680. The number of nitro groups is 1. The minimum Gasteiger partial charge on any atom is -0.353 e. The molecule has 1 atom stereocenters. The van der Waals surface area contributed by atoms with Crippen LogP contribution in [0.5, 0.6) is 0 Å². The van der Waals surface area contributed by atoms with Crippen molar-refractivity contribution in [3.05, 3.63) is 10.1 Å². The van der Waals surface area contributed by atoms with Crippen LogP contribution >= 0.6 is 0 Å². The van der Waals surface area contributed by atoms with E-state index in [1.165, 1.54) is 0 Å². The topological polar surface area (TPSA) is 61.6 Å². The molecule has 0 amide bonds. The minimum atomic E-state index is -0.328. The first-order chi connectivity index (χ1) is 6.29. The molecule has 0 aromatic rings. The lowest BCUT2D eigenvalue weighted by atomic mass is 10.2. The molecule has 1 fully saturated rings. The van der Waals surface area contributed by atoms with E-state index in [1.807, 2.05) is 0 Å². The van der Waals surface area contributed by atoms with Gasteiger partial charge in [0.15, 0.2) is 6.29 Å². The van der Waals surface area contributed by atoms with Crippen molar-refractivity contribution in [3.63, 3.8) is 0 Å². The van der Waals surface area contributed by atoms with Crippen LogP contribution in [0, 0.1) is 10.1 Å². The van der Waals surface area contributed by atoms with Gasteiger partial charge in [0.05, 0.1) is 6.61 Å². The van der Waals surface area contributed by atoms with Crippen molar-refractivity contribution >= 4 is 0 Å². The Morgan fingerprint density at radius 3 is 3.00 bits per heavy atom. The standard InChI is InChI=1S/C8H15NO4/c10-9(11)5-3-7-13-8-4-1-2-6-12-8/h8H,1-7H2. The van der Waals surface area contributed by atoms with Gasteiger partial charge in [-0.15, -0.1) is 0 Å². The lowest BCUT2D eigenvalue weighted by Gasteiger charge is -2.22. The third-order valence-electron chi connectivity index (χ3n) is 1.93. The van der Waals surface area contributed by atoms with E-state index in [4.69, 9.17) is 9.47 Å². The SMILES string of the molecule is O=[N+]([O-])CCCOC1CCCCO1. The van der Waals surface area contributed by atoms with Crippen molar-refractivity contribution in [3.8, 4) is 0 Å². The molecule has 0 radical (unpaired) electrons. The lowest BCUT2D eigenvalue weighted by molar-refractivity contribution is -0.481. The molecule has 5 nitrogen and oxygen atoms in total. The molecule has 0 aromatic carbocycles. The average molecular weight is 189 g/mol. The van der Waals surface area contributed by atoms with Crippen LogP contribution in [0.3, 0.4) is 0 Å². The van der Waals surface area contributed by atoms with E-state index in [9.17, 15) is 10.1 Å². The predicted octanol–water partition coefficient (Wildman–Crippen LogP) is 1.20. The van der Waals surface area contributed by atoms with Crippen molar-refractivity contribution < 1.29 is 14.4 Å². The summed E-state index contributed by atoms with van der Waals surface area (Å²) in [5.41, 5.74) is 0. The van der Waals surface area contributed by atoms with Gasteiger partial charge >= 0.3 is 0 Å². The van der Waals surface area contributed by atoms with Crippen LogP contribution in [0.2, 0.25) is 0 Å². The van der Waals surface area contributed by atoms with Crippen LogP contribution in [0.4, 0.5) is 0 Å². The van der Waals surface area contributed by atoms with Crippen LogP contribution in [-0.4, -0.2) is 31.0 Å². The second-order valence-corrected chi connectivity index (χ2v) is 3.08. The quantitative estimate of drug-likeness (QED) is 0.370. The fraction of sp³-hybridized carbons (Fsp3) is 1.00. The third-order valence-corrected chi connectivity index (χ3v) is 1.93. The normalized spacial score (nSPS) is 22.9. The molecule has 1 saturated heterocycles. The molecule has 76 valence electrons. The highest BCUT2D eigenvalue weighted by Gasteiger charge is 2.13. The zero-order valence-electron chi connectivity index (χ0n) is 7.61. The number of rotatable bonds is 5. The molecular weight excluding hydrogens is 174 g/mol. The molecular formula is C8H15NO4. The minimum absolute atomic E-state index is 0.0211. The summed E-state index contributed by atoms with van der Waals surface area (Å²) in [6, 6.07) is 0. The molecule has 0 spiro atoms. The molecule has 0 aliphatic carbocycles. The second-order valence-electron chi connectivity index (χ2n) is 3.08. The highest BCUT2D eigenvalue weighted by atomic mass is 16.7. The molecule has 1 aliphatic heterocycles. The first-order valence-corrected chi connectivity index (χ1v) is 4.64. The van der Waals surface area contributed by atoms with E-state index in [-0.39, 0.29) is 17.8 Å². The van der Waals surface area contributed by atoms with Gasteiger partial charge in [-0.25, -0.2) is 0 Å². The van der Waals surface area contributed by atoms with Gasteiger partial charge in [0, 0.05) is 18.0 Å². The molecule has 1 unspecified atom stereocenters. The van der Waals surface area contributed by atoms with Gasteiger partial charge in [0.2, 0.25) is 6.54 Å². The zero-order valence-corrected chi connectivity index (χ0v) is 7.61. The van der Waals surface area contributed by atoms with Crippen LogP contribution in [0.15, 0.2) is 0 Å². The largest absolute Gasteiger partial charge is 0.353 e. The smallest absolute Gasteiger partial charge is 0.206 e. The maximum absolute atomic E-state index is 9.97. The fourth-order valence-corrected chi connectivity index (χ4v) is 1.25. The molecule has 1 aliphatic rings. The Balaban J connectivity index is 1.95. The summed E-state index contributed by atoms with van der Waals surface area (Å²) in [5.74, 6) is 0. The van der Waals surface area contributed by atoms with Gasteiger partial charge in [-0.05, 0) is 19.3 Å². The Morgan fingerprint density at radius 2 is 2.38 bits per heavy atom. The van der Waals surface area contributed by atoms with Crippen LogP contribution < -0.4 is 0 Å². The number of hydrogen-bond acceptors (Lipinski definition) is 4. The van der Waals surface area contributed by atoms with Crippen molar-refractivity contribution in [2.24, 2.45) is 0 Å². The molecule has 1 rings (SSSR count). The van der Waals surface area contributed by atoms with Gasteiger partial charge in [0.25, 0.3) is 0 Å². The Kier molecular flexibility index (Phi) is 4.70. The molecule has 1 heterocycles. The van der Waals surface area contributed by atoms with E-state index in [2.05, 4.69) is 0 Å². The van der Waals surface area contributed by atoms with Crippen LogP contribution in [0.25, 0.3) is 0 Å². The monoisotopic (exact) mass is 189 g/mol. The predicted molar refractivity (Wildman–Crippen MR) is 46.0 cm³/mol. The summed E-state index contributed by atoms with van der Waals surface area (Å²) in [6.07, 6.45) is 3.47. The summed E-state index contributed by atoms with van der Waals surface area (Å²) >= 11 is 0. The molecule has 5 heteroatoms. The summed E-state index contributed by atoms with van der Waals surface area (Å²) in [6.45, 7) is 1.15. The zero-order chi connectivity index (χ0) is 9.52. The molecule has 0 bridgehead atoms. The number of hydrogen-bond donors (Lipinski definition) is 0. The number of nitrogens with zero attached hydrogens (tertiary/aromatic N) is 1. The van der Waals surface area contributed by atoms with Crippen molar-refractivity contribution in [2.75, 3.05) is 19.8 Å². The Morgan fingerprint density at radius 1 is 1.54 bits per heavy atom. The maximum atomic E-state index is 9.97.